The molecule has 4 rings (SSSR count). The Morgan fingerprint density at radius 3 is 2.96 bits per heavy atom. The van der Waals surface area contributed by atoms with Gasteiger partial charge in [0.2, 0.25) is 0 Å². The molecule has 3 heterocycles. The highest BCUT2D eigenvalue weighted by atomic mass is 19.1. The Kier molecular flexibility index (Phi) is 3.65. The van der Waals surface area contributed by atoms with Crippen LogP contribution in [0.25, 0.3) is 21.7 Å². The van der Waals surface area contributed by atoms with E-state index in [2.05, 4.69) is 20.6 Å². The molecule has 3 N–H and O–H groups in total. The summed E-state index contributed by atoms with van der Waals surface area (Å²) in [6, 6.07) is 5.48. The SMILES string of the molecule is O=c1[nH]ccc2nc(N[C@H]3CCNC[C@H]3F)c3ccc(F)cc3c12. The van der Waals surface area contributed by atoms with Crippen molar-refractivity contribution in [2.24, 2.45) is 0 Å². The number of anilines is 1. The third kappa shape index (κ3) is 2.50. The number of halogens is 2. The Labute approximate surface area is 136 Å². The van der Waals surface area contributed by atoms with Crippen molar-refractivity contribution in [3.63, 3.8) is 0 Å². The molecule has 0 aliphatic carbocycles. The van der Waals surface area contributed by atoms with Crippen LogP contribution < -0.4 is 16.2 Å². The minimum Gasteiger partial charge on any atom is -0.364 e. The maximum absolute atomic E-state index is 14.1. The van der Waals surface area contributed by atoms with E-state index in [9.17, 15) is 13.6 Å². The van der Waals surface area contributed by atoms with Gasteiger partial charge in [-0.3, -0.25) is 4.79 Å². The zero-order valence-electron chi connectivity index (χ0n) is 12.8. The summed E-state index contributed by atoms with van der Waals surface area (Å²) in [7, 11) is 0. The van der Waals surface area contributed by atoms with Crippen molar-refractivity contribution in [2.45, 2.75) is 18.6 Å². The number of hydrogen-bond acceptors (Lipinski definition) is 4. The normalized spacial score (nSPS) is 21.2. The maximum atomic E-state index is 14.1. The molecule has 124 valence electrons. The molecule has 1 fully saturated rings. The van der Waals surface area contributed by atoms with E-state index in [1.165, 1.54) is 18.3 Å². The van der Waals surface area contributed by atoms with E-state index < -0.39 is 12.0 Å². The van der Waals surface area contributed by atoms with Gasteiger partial charge in [-0.15, -0.1) is 0 Å². The van der Waals surface area contributed by atoms with Crippen LogP contribution >= 0.6 is 0 Å². The highest BCUT2D eigenvalue weighted by Gasteiger charge is 2.25. The molecular weight excluding hydrogens is 314 g/mol. The third-order valence-corrected chi connectivity index (χ3v) is 4.41. The Morgan fingerprint density at radius 1 is 1.25 bits per heavy atom. The smallest absolute Gasteiger partial charge is 0.258 e. The van der Waals surface area contributed by atoms with Crippen molar-refractivity contribution >= 4 is 27.5 Å². The van der Waals surface area contributed by atoms with Gasteiger partial charge in [-0.25, -0.2) is 13.8 Å². The maximum Gasteiger partial charge on any atom is 0.258 e. The first kappa shape index (κ1) is 15.0. The van der Waals surface area contributed by atoms with Crippen LogP contribution in [0.15, 0.2) is 35.3 Å². The van der Waals surface area contributed by atoms with Crippen LogP contribution in [0.4, 0.5) is 14.6 Å². The van der Waals surface area contributed by atoms with Crippen molar-refractivity contribution in [2.75, 3.05) is 18.4 Å². The molecule has 24 heavy (non-hydrogen) atoms. The number of aromatic nitrogens is 2. The number of aromatic amines is 1. The first-order valence-corrected chi connectivity index (χ1v) is 7.85. The fourth-order valence-corrected chi connectivity index (χ4v) is 3.20. The van der Waals surface area contributed by atoms with Crippen molar-refractivity contribution in [1.29, 1.82) is 0 Å². The molecule has 0 unspecified atom stereocenters. The quantitative estimate of drug-likeness (QED) is 0.631. The molecule has 1 aliphatic rings. The summed E-state index contributed by atoms with van der Waals surface area (Å²) in [6.45, 7) is 1.01. The minimum absolute atomic E-state index is 0.289. The Bertz CT molecular complexity index is 972. The molecule has 1 saturated heterocycles. The number of H-pyrrole nitrogens is 1. The summed E-state index contributed by atoms with van der Waals surface area (Å²) in [5.41, 5.74) is 0.121. The number of hydrogen-bond donors (Lipinski definition) is 3. The molecule has 5 nitrogen and oxygen atoms in total. The van der Waals surface area contributed by atoms with Crippen molar-refractivity contribution in [3.05, 3.63) is 46.6 Å². The Balaban J connectivity index is 1.92. The number of benzene rings is 1. The fraction of sp³-hybridized carbons (Fsp3) is 0.294. The Hall–Kier alpha value is -2.54. The highest BCUT2D eigenvalue weighted by molar-refractivity contribution is 6.09. The average Bonchev–Trinajstić information content (AvgIpc) is 2.56. The molecule has 1 aromatic carbocycles. The average molecular weight is 330 g/mol. The second kappa shape index (κ2) is 5.83. The summed E-state index contributed by atoms with van der Waals surface area (Å²) in [4.78, 5) is 19.2. The lowest BCUT2D eigenvalue weighted by Crippen LogP contribution is -2.45. The highest BCUT2D eigenvalue weighted by Crippen LogP contribution is 2.29. The largest absolute Gasteiger partial charge is 0.364 e. The predicted octanol–water partition coefficient (Wildman–Crippen LogP) is 2.33. The van der Waals surface area contributed by atoms with Crippen LogP contribution in [0.5, 0.6) is 0 Å². The molecule has 0 saturated carbocycles. The number of rotatable bonds is 2. The molecule has 0 radical (unpaired) electrons. The van der Waals surface area contributed by atoms with E-state index >= 15 is 0 Å². The van der Waals surface area contributed by atoms with Crippen molar-refractivity contribution < 1.29 is 8.78 Å². The molecular formula is C17H16F2N4O. The third-order valence-electron chi connectivity index (χ3n) is 4.41. The molecule has 2 aromatic heterocycles. The van der Waals surface area contributed by atoms with Gasteiger partial charge < -0.3 is 15.6 Å². The minimum atomic E-state index is -1.04. The summed E-state index contributed by atoms with van der Waals surface area (Å²) in [6.07, 6.45) is 1.08. The molecule has 0 amide bonds. The zero-order valence-corrected chi connectivity index (χ0v) is 12.8. The van der Waals surface area contributed by atoms with E-state index in [4.69, 9.17) is 0 Å². The van der Waals surface area contributed by atoms with E-state index in [0.717, 1.165) is 6.54 Å². The molecule has 0 bridgehead atoms. The van der Waals surface area contributed by atoms with Crippen LogP contribution in [0.2, 0.25) is 0 Å². The van der Waals surface area contributed by atoms with Crippen LogP contribution in [-0.4, -0.2) is 35.3 Å². The molecule has 0 spiro atoms. The van der Waals surface area contributed by atoms with Gasteiger partial charge in [-0.05, 0) is 37.2 Å². The number of pyridine rings is 2. The Morgan fingerprint density at radius 2 is 2.12 bits per heavy atom. The second-order valence-corrected chi connectivity index (χ2v) is 5.98. The van der Waals surface area contributed by atoms with Crippen molar-refractivity contribution in [3.8, 4) is 0 Å². The number of alkyl halides is 1. The van der Waals surface area contributed by atoms with Crippen LogP contribution in [-0.2, 0) is 0 Å². The summed E-state index contributed by atoms with van der Waals surface area (Å²) in [5.74, 6) is 0.0343. The fourth-order valence-electron chi connectivity index (χ4n) is 3.20. The van der Waals surface area contributed by atoms with Gasteiger partial charge in [0.1, 0.15) is 17.8 Å². The molecule has 3 aromatic rings. The zero-order chi connectivity index (χ0) is 16.7. The number of nitrogens with one attached hydrogen (secondary N) is 3. The lowest BCUT2D eigenvalue weighted by Gasteiger charge is -2.28. The summed E-state index contributed by atoms with van der Waals surface area (Å²) < 4.78 is 27.8. The van der Waals surface area contributed by atoms with E-state index in [1.807, 2.05) is 0 Å². The number of piperidine rings is 1. The molecule has 2 atom stereocenters. The topological polar surface area (TPSA) is 69.8 Å². The molecule has 1 aliphatic heterocycles. The second-order valence-electron chi connectivity index (χ2n) is 5.98. The van der Waals surface area contributed by atoms with Gasteiger partial charge >= 0.3 is 0 Å². The van der Waals surface area contributed by atoms with E-state index in [-0.39, 0.29) is 18.1 Å². The van der Waals surface area contributed by atoms with E-state index in [1.54, 1.807) is 12.1 Å². The summed E-state index contributed by atoms with van der Waals surface area (Å²) in [5, 5.41) is 7.55. The van der Waals surface area contributed by atoms with Crippen LogP contribution in [0.1, 0.15) is 6.42 Å². The number of nitrogens with zero attached hydrogens (tertiary/aromatic N) is 1. The van der Waals surface area contributed by atoms with Gasteiger partial charge in [0.05, 0.1) is 16.9 Å². The standard InChI is InChI=1S/C17H16F2N4O/c18-9-1-2-10-11(7-9)15-14(4-6-21-17(15)24)23-16(10)22-13-3-5-20-8-12(13)19/h1-2,4,6-7,12-13,20H,3,5,8H2,(H,21,24)(H,22,23)/t12-,13+/m1/s1. The number of fused-ring (bicyclic) bond motifs is 3. The first-order valence-electron chi connectivity index (χ1n) is 7.85. The van der Waals surface area contributed by atoms with Crippen molar-refractivity contribution in [1.82, 2.24) is 15.3 Å². The van der Waals surface area contributed by atoms with Gasteiger partial charge in [-0.2, -0.15) is 0 Å². The van der Waals surface area contributed by atoms with Crippen LogP contribution in [0.3, 0.4) is 0 Å². The van der Waals surface area contributed by atoms with Gasteiger partial charge in [0, 0.05) is 23.5 Å². The van der Waals surface area contributed by atoms with Gasteiger partial charge in [-0.1, -0.05) is 0 Å². The first-order chi connectivity index (χ1) is 11.6. The van der Waals surface area contributed by atoms with Gasteiger partial charge in [0.15, 0.2) is 0 Å². The molecule has 7 heteroatoms. The monoisotopic (exact) mass is 330 g/mol. The van der Waals surface area contributed by atoms with Crippen LogP contribution in [0, 0.1) is 5.82 Å². The summed E-state index contributed by atoms with van der Waals surface area (Å²) >= 11 is 0. The predicted molar refractivity (Wildman–Crippen MR) is 89.6 cm³/mol. The lowest BCUT2D eigenvalue weighted by atomic mass is 10.0. The van der Waals surface area contributed by atoms with E-state index in [0.29, 0.717) is 33.9 Å². The lowest BCUT2D eigenvalue weighted by molar-refractivity contribution is 0.245. The van der Waals surface area contributed by atoms with Gasteiger partial charge in [0.25, 0.3) is 5.56 Å².